The van der Waals surface area contributed by atoms with Gasteiger partial charge in [-0.25, -0.2) is 4.98 Å². The maximum atomic E-state index is 7.84. The summed E-state index contributed by atoms with van der Waals surface area (Å²) in [5.74, 6) is 1.00. The predicted octanol–water partition coefficient (Wildman–Crippen LogP) is 6.77. The van der Waals surface area contributed by atoms with Crippen LogP contribution in [0.2, 0.25) is 0 Å². The molecule has 7 heteroatoms. The average molecular weight is 656 g/mol. The van der Waals surface area contributed by atoms with Crippen LogP contribution in [0.25, 0.3) is 32.5 Å². The van der Waals surface area contributed by atoms with Crippen LogP contribution in [-0.2, 0) is 21.1 Å². The van der Waals surface area contributed by atoms with E-state index in [0.29, 0.717) is 22.8 Å². The number of ether oxygens (including phenoxy) is 1. The number of benzene rings is 3. The fraction of sp³-hybridized carbons (Fsp3) is 0.0690. The Labute approximate surface area is 232 Å². The first kappa shape index (κ1) is 17.4. The molecule has 5 aromatic rings. The second kappa shape index (κ2) is 9.53. The van der Waals surface area contributed by atoms with Crippen molar-refractivity contribution in [3.63, 3.8) is 0 Å². The van der Waals surface area contributed by atoms with Crippen LogP contribution in [0, 0.1) is 32.2 Å². The van der Waals surface area contributed by atoms with Gasteiger partial charge in [0.2, 0.25) is 0 Å². The number of para-hydroxylation sites is 1. The fourth-order valence-corrected chi connectivity index (χ4v) is 4.10. The van der Waals surface area contributed by atoms with Crippen LogP contribution in [0.4, 0.5) is 11.4 Å². The Morgan fingerprint density at radius 2 is 1.94 bits per heavy atom. The van der Waals surface area contributed by atoms with Crippen LogP contribution >= 0.6 is 0 Å². The SMILES string of the molecule is [2H]C([2H])([2H])c1ccnc(-n2c3[c-]c(Oc4[c-]c(N5C=CN(C([2H])([2H])[2H])[CH-]5)cc([N+]#[C-])c4)ccc3c3ccccc32)c1.[Pt]. The summed E-state index contributed by atoms with van der Waals surface area (Å²) in [7, 11) is 0. The van der Waals surface area contributed by atoms with Gasteiger partial charge in [-0.1, -0.05) is 23.7 Å². The molecule has 0 saturated heterocycles. The number of hydrogen-bond acceptors (Lipinski definition) is 4. The molecular weight excluding hydrogens is 629 g/mol. The molecule has 36 heavy (non-hydrogen) atoms. The van der Waals surface area contributed by atoms with Gasteiger partial charge in [0.15, 0.2) is 0 Å². The molecule has 0 saturated carbocycles. The van der Waals surface area contributed by atoms with Crippen LogP contribution in [0.15, 0.2) is 79.3 Å². The van der Waals surface area contributed by atoms with Gasteiger partial charge in [-0.05, 0) is 55.4 Å². The molecule has 3 aromatic carbocycles. The number of nitrogens with zero attached hydrogens (tertiary/aromatic N) is 5. The third-order valence-electron chi connectivity index (χ3n) is 5.61. The van der Waals surface area contributed by atoms with Gasteiger partial charge < -0.3 is 19.1 Å². The Morgan fingerprint density at radius 1 is 1.03 bits per heavy atom. The fourth-order valence-electron chi connectivity index (χ4n) is 4.10. The van der Waals surface area contributed by atoms with Crippen LogP contribution in [0.1, 0.15) is 13.8 Å². The summed E-state index contributed by atoms with van der Waals surface area (Å²) in [4.78, 5) is 10.6. The van der Waals surface area contributed by atoms with Gasteiger partial charge in [0.25, 0.3) is 0 Å². The summed E-state index contributed by atoms with van der Waals surface area (Å²) in [6, 6.07) is 23.9. The van der Waals surface area contributed by atoms with Gasteiger partial charge in [-0.3, -0.25) is 4.85 Å². The van der Waals surface area contributed by atoms with Gasteiger partial charge in [-0.15, -0.1) is 41.4 Å². The summed E-state index contributed by atoms with van der Waals surface area (Å²) in [6.45, 7) is 4.29. The molecule has 0 atom stereocenters. The van der Waals surface area contributed by atoms with E-state index in [1.54, 1.807) is 29.3 Å². The van der Waals surface area contributed by atoms with E-state index in [9.17, 15) is 0 Å². The van der Waals surface area contributed by atoms with E-state index in [1.807, 2.05) is 34.9 Å². The van der Waals surface area contributed by atoms with Crippen molar-refractivity contribution in [1.82, 2.24) is 14.5 Å². The first-order chi connectivity index (χ1) is 19.5. The Balaban J connectivity index is 0.00000353. The minimum absolute atomic E-state index is 0. The minimum atomic E-state index is -2.34. The number of anilines is 1. The zero-order chi connectivity index (χ0) is 28.9. The van der Waals surface area contributed by atoms with Crippen LogP contribution in [0.3, 0.4) is 0 Å². The monoisotopic (exact) mass is 655 g/mol. The molecule has 0 fully saturated rings. The molecule has 1 aliphatic rings. The molecule has 1 aliphatic heterocycles. The molecule has 6 nitrogen and oxygen atoms in total. The van der Waals surface area contributed by atoms with Crippen LogP contribution in [-0.4, -0.2) is 21.4 Å². The molecule has 0 bridgehead atoms. The van der Waals surface area contributed by atoms with E-state index in [4.69, 9.17) is 19.5 Å². The topological polar surface area (TPSA) is 37.9 Å². The summed E-state index contributed by atoms with van der Waals surface area (Å²) in [5, 5.41) is 1.81. The van der Waals surface area contributed by atoms with Crippen molar-refractivity contribution in [3.8, 4) is 17.3 Å². The van der Waals surface area contributed by atoms with Crippen molar-refractivity contribution in [3.05, 3.63) is 115 Å². The normalized spacial score (nSPS) is 15.9. The van der Waals surface area contributed by atoms with Gasteiger partial charge in [-0.2, -0.15) is 12.7 Å². The second-order valence-electron chi connectivity index (χ2n) is 7.87. The molecular formula is C29H20N5OPt-3. The number of fused-ring (bicyclic) bond motifs is 3. The van der Waals surface area contributed by atoms with Crippen molar-refractivity contribution in [2.75, 3.05) is 11.9 Å². The maximum absolute atomic E-state index is 7.84. The van der Waals surface area contributed by atoms with Crippen molar-refractivity contribution in [2.24, 2.45) is 0 Å². The average Bonchev–Trinajstić information content (AvgIpc) is 3.56. The summed E-state index contributed by atoms with van der Waals surface area (Å²) < 4.78 is 54.3. The smallest absolute Gasteiger partial charge is 0.135 e. The standard InChI is InChI=1S/C29H20N5O.Pt/c1-20-10-11-31-29(14-20)34-27-7-5-4-6-25(27)26-9-8-23(18-28(26)34)35-24-16-21(30-2)15-22(17-24)33-13-12-32(3)19-33;/h4-16,19H,1,3H3;/q-3;/i1D3,3D3;. The van der Waals surface area contributed by atoms with Gasteiger partial charge >= 0.3 is 0 Å². The molecule has 0 N–H and O–H groups in total. The third kappa shape index (κ3) is 4.23. The first-order valence-corrected chi connectivity index (χ1v) is 10.7. The quantitative estimate of drug-likeness (QED) is 0.201. The molecule has 2 aromatic heterocycles. The number of aryl methyl sites for hydroxylation is 1. The first-order valence-electron chi connectivity index (χ1n) is 13.7. The van der Waals surface area contributed by atoms with E-state index < -0.39 is 13.8 Å². The molecule has 0 unspecified atom stereocenters. The Morgan fingerprint density at radius 3 is 2.78 bits per heavy atom. The Bertz CT molecular complexity index is 1880. The van der Waals surface area contributed by atoms with Gasteiger partial charge in [0.1, 0.15) is 5.82 Å². The van der Waals surface area contributed by atoms with Crippen molar-refractivity contribution in [1.29, 1.82) is 0 Å². The minimum Gasteiger partial charge on any atom is -0.510 e. The summed E-state index contributed by atoms with van der Waals surface area (Å²) >= 11 is 0. The van der Waals surface area contributed by atoms with E-state index in [1.165, 1.54) is 31.2 Å². The Kier molecular flexibility index (Phi) is 4.60. The summed E-state index contributed by atoms with van der Waals surface area (Å²) in [6.07, 6.45) is 4.45. The van der Waals surface area contributed by atoms with E-state index in [0.717, 1.165) is 21.2 Å². The summed E-state index contributed by atoms with van der Waals surface area (Å²) in [5.41, 5.74) is 2.33. The third-order valence-corrected chi connectivity index (χ3v) is 5.61. The molecule has 180 valence electrons. The van der Waals surface area contributed by atoms with Crippen molar-refractivity contribution < 1.29 is 34.0 Å². The zero-order valence-corrected chi connectivity index (χ0v) is 20.8. The molecule has 0 amide bonds. The maximum Gasteiger partial charge on any atom is 0.135 e. The van der Waals surface area contributed by atoms with Gasteiger partial charge in [0, 0.05) is 52.5 Å². The molecule has 0 spiro atoms. The molecule has 0 radical (unpaired) electrons. The molecule has 0 aliphatic carbocycles. The van der Waals surface area contributed by atoms with E-state index >= 15 is 0 Å². The van der Waals surface area contributed by atoms with Crippen LogP contribution in [0.5, 0.6) is 11.5 Å². The number of pyridine rings is 1. The van der Waals surface area contributed by atoms with E-state index in [-0.39, 0.29) is 38.1 Å². The second-order valence-corrected chi connectivity index (χ2v) is 7.87. The predicted molar refractivity (Wildman–Crippen MR) is 137 cm³/mol. The molecule has 6 rings (SSSR count). The van der Waals surface area contributed by atoms with E-state index in [2.05, 4.69) is 22.0 Å². The zero-order valence-electron chi connectivity index (χ0n) is 24.5. The molecule has 3 heterocycles. The number of hydrogen-bond donors (Lipinski definition) is 0. The number of rotatable bonds is 4. The van der Waals surface area contributed by atoms with Gasteiger partial charge in [0.05, 0.1) is 12.3 Å². The van der Waals surface area contributed by atoms with Crippen molar-refractivity contribution in [2.45, 2.75) is 6.85 Å². The van der Waals surface area contributed by atoms with Crippen molar-refractivity contribution >= 4 is 33.2 Å². The largest absolute Gasteiger partial charge is 0.510 e. The Hall–Kier alpha value is -4.07. The van der Waals surface area contributed by atoms with Crippen LogP contribution < -0.4 is 9.64 Å². The number of aromatic nitrogens is 2.